The summed E-state index contributed by atoms with van der Waals surface area (Å²) in [4.78, 5) is 4.71. The van der Waals surface area contributed by atoms with E-state index in [2.05, 4.69) is 48.2 Å². The maximum Gasteiger partial charge on any atom is 0.203 e. The molecule has 1 aliphatic rings. The molecule has 0 saturated carbocycles. The first-order chi connectivity index (χ1) is 13.6. The minimum absolute atomic E-state index is 0.469. The van der Waals surface area contributed by atoms with Gasteiger partial charge in [0.2, 0.25) is 5.75 Å². The number of benzene rings is 2. The van der Waals surface area contributed by atoms with E-state index in [9.17, 15) is 0 Å². The molecular weight excluding hydrogens is 352 g/mol. The summed E-state index contributed by atoms with van der Waals surface area (Å²) < 4.78 is 16.9. The molecule has 1 unspecified atom stereocenters. The van der Waals surface area contributed by atoms with Crippen LogP contribution in [0, 0.1) is 0 Å². The topological polar surface area (TPSA) is 34.2 Å². The first kappa shape index (κ1) is 20.5. The lowest BCUT2D eigenvalue weighted by atomic mass is 10.0. The van der Waals surface area contributed by atoms with Crippen molar-refractivity contribution in [2.45, 2.75) is 25.4 Å². The lowest BCUT2D eigenvalue weighted by Gasteiger charge is -2.25. The van der Waals surface area contributed by atoms with Gasteiger partial charge in [0, 0.05) is 19.1 Å². The highest BCUT2D eigenvalue weighted by atomic mass is 16.5. The van der Waals surface area contributed by atoms with Gasteiger partial charge in [-0.25, -0.2) is 0 Å². The van der Waals surface area contributed by atoms with Gasteiger partial charge < -0.3 is 19.1 Å². The molecule has 0 aliphatic carbocycles. The maximum atomic E-state index is 6.06. The summed E-state index contributed by atoms with van der Waals surface area (Å²) in [6.45, 7) is 3.57. The Morgan fingerprint density at radius 3 is 2.29 bits per heavy atom. The third kappa shape index (κ3) is 4.97. The predicted octanol–water partition coefficient (Wildman–Crippen LogP) is 3.98. The monoisotopic (exact) mass is 384 g/mol. The zero-order valence-electron chi connectivity index (χ0n) is 17.5. The van der Waals surface area contributed by atoms with Crippen molar-refractivity contribution in [3.05, 3.63) is 53.6 Å². The Labute approximate surface area is 168 Å². The molecule has 2 aromatic carbocycles. The maximum absolute atomic E-state index is 6.06. The summed E-state index contributed by atoms with van der Waals surface area (Å²) in [7, 11) is 7.50. The number of methoxy groups -OCH3 is 2. The molecule has 2 aromatic rings. The number of likely N-dealkylation sites (tertiary alicyclic amines) is 1. The molecule has 0 bridgehead atoms. The molecule has 1 aliphatic heterocycles. The third-order valence-electron chi connectivity index (χ3n) is 5.23. The Balaban J connectivity index is 1.60. The summed E-state index contributed by atoms with van der Waals surface area (Å²) in [6.07, 6.45) is 2.42. The van der Waals surface area contributed by atoms with Crippen molar-refractivity contribution in [1.29, 1.82) is 0 Å². The number of para-hydroxylation sites is 1. The second-order valence-corrected chi connectivity index (χ2v) is 7.51. The fourth-order valence-electron chi connectivity index (χ4n) is 3.91. The van der Waals surface area contributed by atoms with Crippen LogP contribution in [0.1, 0.15) is 30.0 Å². The molecule has 152 valence electrons. The third-order valence-corrected chi connectivity index (χ3v) is 5.23. The lowest BCUT2D eigenvalue weighted by molar-refractivity contribution is 0.189. The molecule has 0 radical (unpaired) electrons. The zero-order chi connectivity index (χ0) is 19.9. The highest BCUT2D eigenvalue weighted by molar-refractivity contribution is 5.51. The standard InChI is InChI=1S/C23H32N2O3/c1-24(2)17-18-10-12-19(13-11-18)20-7-6-14-25(20)15-16-28-23-21(26-3)8-5-9-22(23)27-4/h5,8-13,20H,6-7,14-17H2,1-4H3. The smallest absolute Gasteiger partial charge is 0.203 e. The van der Waals surface area contributed by atoms with Crippen molar-refractivity contribution in [2.24, 2.45) is 0 Å². The summed E-state index contributed by atoms with van der Waals surface area (Å²) >= 11 is 0. The van der Waals surface area contributed by atoms with Crippen molar-refractivity contribution in [3.63, 3.8) is 0 Å². The summed E-state index contributed by atoms with van der Waals surface area (Å²) in [6, 6.07) is 15.2. The van der Waals surface area contributed by atoms with Gasteiger partial charge in [-0.2, -0.15) is 0 Å². The van der Waals surface area contributed by atoms with E-state index in [4.69, 9.17) is 14.2 Å². The van der Waals surface area contributed by atoms with Crippen molar-refractivity contribution < 1.29 is 14.2 Å². The molecule has 1 atom stereocenters. The molecule has 0 amide bonds. The molecule has 1 fully saturated rings. The predicted molar refractivity (Wildman–Crippen MR) is 112 cm³/mol. The first-order valence-corrected chi connectivity index (χ1v) is 9.93. The number of ether oxygens (including phenoxy) is 3. The Morgan fingerprint density at radius 1 is 1.00 bits per heavy atom. The van der Waals surface area contributed by atoms with Gasteiger partial charge in [0.05, 0.1) is 14.2 Å². The van der Waals surface area contributed by atoms with E-state index in [0.29, 0.717) is 29.9 Å². The minimum atomic E-state index is 0.469. The normalized spacial score (nSPS) is 17.1. The van der Waals surface area contributed by atoms with E-state index in [0.717, 1.165) is 19.6 Å². The first-order valence-electron chi connectivity index (χ1n) is 9.93. The number of rotatable bonds is 9. The van der Waals surface area contributed by atoms with Crippen molar-refractivity contribution in [1.82, 2.24) is 9.80 Å². The van der Waals surface area contributed by atoms with Gasteiger partial charge in [-0.1, -0.05) is 30.3 Å². The molecule has 0 N–H and O–H groups in total. The van der Waals surface area contributed by atoms with E-state index in [-0.39, 0.29) is 0 Å². The molecule has 0 aromatic heterocycles. The molecule has 1 heterocycles. The fourth-order valence-corrected chi connectivity index (χ4v) is 3.91. The van der Waals surface area contributed by atoms with Crippen LogP contribution in [0.3, 0.4) is 0 Å². The van der Waals surface area contributed by atoms with Crippen LogP contribution in [0.15, 0.2) is 42.5 Å². The average Bonchev–Trinajstić information content (AvgIpc) is 3.16. The van der Waals surface area contributed by atoms with Crippen molar-refractivity contribution in [3.8, 4) is 17.2 Å². The summed E-state index contributed by atoms with van der Waals surface area (Å²) in [5, 5.41) is 0. The Bertz CT molecular complexity index is 724. The van der Waals surface area contributed by atoms with Crippen LogP contribution < -0.4 is 14.2 Å². The molecule has 3 rings (SSSR count). The van der Waals surface area contributed by atoms with E-state index in [1.165, 1.54) is 24.0 Å². The highest BCUT2D eigenvalue weighted by Gasteiger charge is 2.26. The van der Waals surface area contributed by atoms with Gasteiger partial charge >= 0.3 is 0 Å². The highest BCUT2D eigenvalue weighted by Crippen LogP contribution is 2.37. The van der Waals surface area contributed by atoms with Gasteiger partial charge in [-0.15, -0.1) is 0 Å². The van der Waals surface area contributed by atoms with Gasteiger partial charge in [-0.05, 0) is 56.7 Å². The van der Waals surface area contributed by atoms with Crippen LogP contribution >= 0.6 is 0 Å². The summed E-state index contributed by atoms with van der Waals surface area (Å²) in [5.41, 5.74) is 2.75. The van der Waals surface area contributed by atoms with Crippen molar-refractivity contribution >= 4 is 0 Å². The van der Waals surface area contributed by atoms with Gasteiger partial charge in [0.25, 0.3) is 0 Å². The van der Waals surface area contributed by atoms with Crippen LogP contribution in [0.25, 0.3) is 0 Å². The van der Waals surface area contributed by atoms with E-state index in [1.807, 2.05) is 18.2 Å². The zero-order valence-corrected chi connectivity index (χ0v) is 17.5. The molecule has 0 spiro atoms. The average molecular weight is 385 g/mol. The van der Waals surface area contributed by atoms with Gasteiger partial charge in [0.1, 0.15) is 6.61 Å². The molecule has 5 nitrogen and oxygen atoms in total. The Kier molecular flexibility index (Phi) is 7.18. The van der Waals surface area contributed by atoms with E-state index < -0.39 is 0 Å². The Morgan fingerprint density at radius 2 is 1.68 bits per heavy atom. The number of hydrogen-bond donors (Lipinski definition) is 0. The van der Waals surface area contributed by atoms with E-state index in [1.54, 1.807) is 14.2 Å². The second kappa shape index (κ2) is 9.80. The van der Waals surface area contributed by atoms with Gasteiger partial charge in [0.15, 0.2) is 11.5 Å². The molecule has 28 heavy (non-hydrogen) atoms. The molecule has 5 heteroatoms. The van der Waals surface area contributed by atoms with Crippen LogP contribution in [0.2, 0.25) is 0 Å². The number of nitrogens with zero attached hydrogens (tertiary/aromatic N) is 2. The molecule has 1 saturated heterocycles. The SMILES string of the molecule is COc1cccc(OC)c1OCCN1CCCC1c1ccc(CN(C)C)cc1. The quantitative estimate of drug-likeness (QED) is 0.653. The second-order valence-electron chi connectivity index (χ2n) is 7.51. The minimum Gasteiger partial charge on any atom is -0.493 e. The van der Waals surface area contributed by atoms with Crippen LogP contribution in [-0.2, 0) is 6.54 Å². The molecular formula is C23H32N2O3. The van der Waals surface area contributed by atoms with Gasteiger partial charge in [-0.3, -0.25) is 4.90 Å². The van der Waals surface area contributed by atoms with Crippen LogP contribution in [0.5, 0.6) is 17.2 Å². The number of hydrogen-bond acceptors (Lipinski definition) is 5. The fraction of sp³-hybridized carbons (Fsp3) is 0.478. The summed E-state index contributed by atoms with van der Waals surface area (Å²) in [5.74, 6) is 2.08. The van der Waals surface area contributed by atoms with Crippen LogP contribution in [-0.4, -0.2) is 57.8 Å². The largest absolute Gasteiger partial charge is 0.493 e. The van der Waals surface area contributed by atoms with Crippen LogP contribution in [0.4, 0.5) is 0 Å². The Hall–Kier alpha value is -2.24. The van der Waals surface area contributed by atoms with E-state index >= 15 is 0 Å². The lowest BCUT2D eigenvalue weighted by Crippen LogP contribution is -2.28. The van der Waals surface area contributed by atoms with Crippen molar-refractivity contribution in [2.75, 3.05) is 48.0 Å².